The summed E-state index contributed by atoms with van der Waals surface area (Å²) in [5.74, 6) is 1.52. The molecule has 0 aromatic heterocycles. The molecule has 6 nitrogen and oxygen atoms in total. The number of hydrogen-bond acceptors (Lipinski definition) is 5. The molecule has 27 heavy (non-hydrogen) atoms. The van der Waals surface area contributed by atoms with E-state index in [9.17, 15) is 9.59 Å². The van der Waals surface area contributed by atoms with E-state index in [1.165, 1.54) is 0 Å². The third kappa shape index (κ3) is 2.95. The number of nitrogens with zero attached hydrogens (tertiary/aromatic N) is 1. The van der Waals surface area contributed by atoms with E-state index < -0.39 is 5.60 Å². The number of carbonyl (C=O) groups excluding carboxylic acids is 2. The molecule has 4 aliphatic rings. The summed E-state index contributed by atoms with van der Waals surface area (Å²) in [4.78, 5) is 27.7. The van der Waals surface area contributed by atoms with Gasteiger partial charge in [0.05, 0.1) is 25.2 Å². The van der Waals surface area contributed by atoms with E-state index in [-0.39, 0.29) is 23.5 Å². The molecular weight excluding hydrogens is 344 g/mol. The zero-order chi connectivity index (χ0) is 18.4. The molecule has 1 saturated heterocycles. The molecule has 2 aliphatic carbocycles. The number of carbonyl (C=O) groups is 2. The highest BCUT2D eigenvalue weighted by Gasteiger charge is 2.70. The molecule has 1 amide bonds. The van der Waals surface area contributed by atoms with E-state index in [2.05, 4.69) is 10.2 Å². The van der Waals surface area contributed by atoms with Crippen molar-refractivity contribution < 1.29 is 19.1 Å². The van der Waals surface area contributed by atoms with Crippen molar-refractivity contribution >= 4 is 11.7 Å². The number of nitrogens with one attached hydrogen (secondary N) is 1. The fourth-order valence-corrected chi connectivity index (χ4v) is 5.40. The van der Waals surface area contributed by atoms with E-state index >= 15 is 0 Å². The third-order valence-corrected chi connectivity index (χ3v) is 6.77. The van der Waals surface area contributed by atoms with Gasteiger partial charge in [0.1, 0.15) is 11.4 Å². The lowest BCUT2D eigenvalue weighted by Gasteiger charge is -2.37. The van der Waals surface area contributed by atoms with Crippen molar-refractivity contribution in [2.45, 2.75) is 24.9 Å². The van der Waals surface area contributed by atoms with Crippen LogP contribution >= 0.6 is 0 Å². The number of benzene rings is 1. The Balaban J connectivity index is 1.21. The monoisotopic (exact) mass is 370 g/mol. The maximum Gasteiger partial charge on any atom is 0.223 e. The van der Waals surface area contributed by atoms with Gasteiger partial charge in [-0.3, -0.25) is 14.5 Å². The van der Waals surface area contributed by atoms with Crippen LogP contribution in [0.4, 0.5) is 0 Å². The summed E-state index contributed by atoms with van der Waals surface area (Å²) in [5.41, 5.74) is 0.209. The number of ether oxygens (including phenoxy) is 2. The molecule has 3 fully saturated rings. The number of hydrogen-bond donors (Lipinski definition) is 1. The zero-order valence-electron chi connectivity index (χ0n) is 15.5. The lowest BCUT2D eigenvalue weighted by Crippen LogP contribution is -2.45. The van der Waals surface area contributed by atoms with E-state index in [1.807, 2.05) is 24.3 Å². The molecule has 2 aliphatic heterocycles. The van der Waals surface area contributed by atoms with Gasteiger partial charge in [0.2, 0.25) is 5.91 Å². The molecule has 144 valence electrons. The van der Waals surface area contributed by atoms with Crippen LogP contribution < -0.4 is 10.1 Å². The van der Waals surface area contributed by atoms with E-state index in [0.717, 1.165) is 45.7 Å². The third-order valence-electron chi connectivity index (χ3n) is 6.77. The van der Waals surface area contributed by atoms with E-state index in [0.29, 0.717) is 30.2 Å². The van der Waals surface area contributed by atoms with Crippen LogP contribution in [-0.2, 0) is 9.53 Å². The summed E-state index contributed by atoms with van der Waals surface area (Å²) in [6.07, 6.45) is 2.25. The number of para-hydroxylation sites is 1. The van der Waals surface area contributed by atoms with Gasteiger partial charge in [-0.2, -0.15) is 0 Å². The molecular formula is C21H26N2O4. The van der Waals surface area contributed by atoms with Crippen LogP contribution in [0.1, 0.15) is 29.6 Å². The largest absolute Gasteiger partial charge is 0.486 e. The predicted molar refractivity (Wildman–Crippen MR) is 98.7 cm³/mol. The Morgan fingerprint density at radius 1 is 1.26 bits per heavy atom. The quantitative estimate of drug-likeness (QED) is 0.870. The Morgan fingerprint density at radius 3 is 2.93 bits per heavy atom. The van der Waals surface area contributed by atoms with Crippen LogP contribution in [0.15, 0.2) is 24.3 Å². The number of amides is 1. The van der Waals surface area contributed by atoms with Crippen LogP contribution in [0.3, 0.4) is 0 Å². The van der Waals surface area contributed by atoms with Crippen molar-refractivity contribution in [1.29, 1.82) is 0 Å². The molecule has 2 heterocycles. The molecule has 4 atom stereocenters. The highest BCUT2D eigenvalue weighted by Crippen LogP contribution is 2.65. The number of morpholine rings is 1. The molecule has 6 heteroatoms. The van der Waals surface area contributed by atoms with E-state index in [1.54, 1.807) is 0 Å². The summed E-state index contributed by atoms with van der Waals surface area (Å²) < 4.78 is 11.7. The fraction of sp³-hybridized carbons (Fsp3) is 0.619. The summed E-state index contributed by atoms with van der Waals surface area (Å²) >= 11 is 0. The van der Waals surface area contributed by atoms with Crippen molar-refractivity contribution in [3.05, 3.63) is 29.8 Å². The number of rotatable bonds is 4. The molecule has 0 bridgehead atoms. The smallest absolute Gasteiger partial charge is 0.223 e. The van der Waals surface area contributed by atoms with Gasteiger partial charge >= 0.3 is 0 Å². The van der Waals surface area contributed by atoms with Crippen LogP contribution in [0, 0.1) is 17.8 Å². The second kappa shape index (κ2) is 6.60. The number of ketones is 1. The zero-order valence-corrected chi connectivity index (χ0v) is 15.5. The van der Waals surface area contributed by atoms with Crippen LogP contribution in [0.5, 0.6) is 5.75 Å². The topological polar surface area (TPSA) is 67.9 Å². The Kier molecular flexibility index (Phi) is 4.20. The summed E-state index contributed by atoms with van der Waals surface area (Å²) in [6.45, 7) is 4.95. The maximum absolute atomic E-state index is 12.7. The maximum atomic E-state index is 12.7. The molecule has 0 unspecified atom stereocenters. The van der Waals surface area contributed by atoms with Gasteiger partial charge in [-0.25, -0.2) is 0 Å². The van der Waals surface area contributed by atoms with Crippen molar-refractivity contribution in [3.8, 4) is 5.75 Å². The van der Waals surface area contributed by atoms with Gasteiger partial charge in [0, 0.05) is 38.0 Å². The van der Waals surface area contributed by atoms with E-state index in [4.69, 9.17) is 9.47 Å². The molecule has 2 saturated carbocycles. The Labute approximate surface area is 159 Å². The Hall–Kier alpha value is -1.92. The second-order valence-corrected chi connectivity index (χ2v) is 8.26. The summed E-state index contributed by atoms with van der Waals surface area (Å²) in [5, 5.41) is 3.11. The van der Waals surface area contributed by atoms with Crippen molar-refractivity contribution in [2.75, 3.05) is 39.4 Å². The molecule has 1 N–H and O–H groups in total. The molecule has 1 spiro atoms. The summed E-state index contributed by atoms with van der Waals surface area (Å²) in [7, 11) is 0. The first kappa shape index (κ1) is 17.2. The average molecular weight is 370 g/mol. The molecule has 5 rings (SSSR count). The van der Waals surface area contributed by atoms with Gasteiger partial charge in [-0.15, -0.1) is 0 Å². The second-order valence-electron chi connectivity index (χ2n) is 8.26. The highest BCUT2D eigenvalue weighted by molar-refractivity contribution is 6.00. The van der Waals surface area contributed by atoms with Gasteiger partial charge in [0.25, 0.3) is 0 Å². The summed E-state index contributed by atoms with van der Waals surface area (Å²) in [6, 6.07) is 7.48. The first-order valence-electron chi connectivity index (χ1n) is 10.1. The number of fused-ring (bicyclic) bond motifs is 3. The van der Waals surface area contributed by atoms with Crippen molar-refractivity contribution in [1.82, 2.24) is 10.2 Å². The van der Waals surface area contributed by atoms with Crippen LogP contribution in [0.2, 0.25) is 0 Å². The average Bonchev–Trinajstić information content (AvgIpc) is 3.34. The minimum atomic E-state index is -0.470. The fourth-order valence-electron chi connectivity index (χ4n) is 5.40. The van der Waals surface area contributed by atoms with Crippen LogP contribution in [-0.4, -0.2) is 61.6 Å². The first-order chi connectivity index (χ1) is 13.2. The van der Waals surface area contributed by atoms with Crippen LogP contribution in [0.25, 0.3) is 0 Å². The standard InChI is InChI=1S/C21H26N2O4/c24-16-13-21(27-17-4-2-1-3-14(16)17)6-5-15-18(19(15)21)20(25)22-7-8-23-9-11-26-12-10-23/h1-4,15,18-19H,5-13H2,(H,22,25)/t15-,18+,19-,21+/m1/s1. The van der Waals surface area contributed by atoms with Crippen molar-refractivity contribution in [3.63, 3.8) is 0 Å². The van der Waals surface area contributed by atoms with Gasteiger partial charge in [-0.1, -0.05) is 12.1 Å². The van der Waals surface area contributed by atoms with Gasteiger partial charge in [-0.05, 0) is 30.9 Å². The predicted octanol–water partition coefficient (Wildman–Crippen LogP) is 1.49. The first-order valence-corrected chi connectivity index (χ1v) is 10.1. The lowest BCUT2D eigenvalue weighted by atomic mass is 9.84. The normalized spacial score (nSPS) is 34.7. The van der Waals surface area contributed by atoms with Crippen molar-refractivity contribution in [2.24, 2.45) is 17.8 Å². The van der Waals surface area contributed by atoms with Gasteiger partial charge in [0.15, 0.2) is 5.78 Å². The molecule has 1 aromatic carbocycles. The molecule has 1 aromatic rings. The SMILES string of the molecule is O=C1C[C@]2(CC[C@@H]3[C@H](C(=O)NCCN4CCOCC4)[C@@H]32)Oc2ccccc21. The lowest BCUT2D eigenvalue weighted by molar-refractivity contribution is -0.124. The Bertz CT molecular complexity index is 760. The number of Topliss-reactive ketones (excluding diaryl/α,β-unsaturated/α-hetero) is 1. The van der Waals surface area contributed by atoms with Gasteiger partial charge < -0.3 is 14.8 Å². The minimum Gasteiger partial charge on any atom is -0.486 e. The highest BCUT2D eigenvalue weighted by atomic mass is 16.5. The minimum absolute atomic E-state index is 0.00139. The Morgan fingerprint density at radius 2 is 2.07 bits per heavy atom. The molecule has 0 radical (unpaired) electrons.